The fourth-order valence-corrected chi connectivity index (χ4v) is 2.05. The van der Waals surface area contributed by atoms with E-state index in [4.69, 9.17) is 16.3 Å². The zero-order valence-electron chi connectivity index (χ0n) is 11.0. The topological polar surface area (TPSA) is 64.3 Å². The van der Waals surface area contributed by atoms with Gasteiger partial charge in [0.2, 0.25) is 0 Å². The summed E-state index contributed by atoms with van der Waals surface area (Å²) in [7, 11) is 1.52. The van der Waals surface area contributed by atoms with Crippen LogP contribution in [0.2, 0.25) is 5.02 Å². The van der Waals surface area contributed by atoms with Gasteiger partial charge in [0, 0.05) is 22.5 Å². The van der Waals surface area contributed by atoms with E-state index in [1.165, 1.54) is 7.11 Å². The van der Waals surface area contributed by atoms with Gasteiger partial charge in [-0.15, -0.1) is 5.10 Å². The molecule has 102 valence electrons. The summed E-state index contributed by atoms with van der Waals surface area (Å²) in [6.45, 7) is 1.89. The number of nitrogens with zero attached hydrogens (tertiary/aromatic N) is 4. The van der Waals surface area contributed by atoms with E-state index in [9.17, 15) is 0 Å². The van der Waals surface area contributed by atoms with Gasteiger partial charge in [0.05, 0.1) is 7.11 Å². The van der Waals surface area contributed by atoms with E-state index in [1.807, 2.05) is 37.3 Å². The van der Waals surface area contributed by atoms with Gasteiger partial charge in [-0.05, 0) is 25.1 Å². The normalized spacial score (nSPS) is 10.8. The Labute approximate surface area is 120 Å². The molecule has 20 heavy (non-hydrogen) atoms. The first-order chi connectivity index (χ1) is 9.65. The molecule has 0 atom stereocenters. The maximum atomic E-state index is 5.98. The van der Waals surface area contributed by atoms with E-state index >= 15 is 0 Å². The first kappa shape index (κ1) is 12.7. The van der Waals surface area contributed by atoms with Gasteiger partial charge >= 0.3 is 6.01 Å². The van der Waals surface area contributed by atoms with Crippen LogP contribution < -0.4 is 10.1 Å². The first-order valence-electron chi connectivity index (χ1n) is 5.97. The Morgan fingerprint density at radius 3 is 2.85 bits per heavy atom. The largest absolute Gasteiger partial charge is 0.466 e. The Kier molecular flexibility index (Phi) is 3.15. The van der Waals surface area contributed by atoms with Crippen LogP contribution in [0.25, 0.3) is 5.78 Å². The van der Waals surface area contributed by atoms with Crippen molar-refractivity contribution in [3.8, 4) is 6.01 Å². The van der Waals surface area contributed by atoms with Crippen LogP contribution in [0, 0.1) is 6.92 Å². The van der Waals surface area contributed by atoms with Gasteiger partial charge in [-0.3, -0.25) is 0 Å². The highest BCUT2D eigenvalue weighted by atomic mass is 35.5. The summed E-state index contributed by atoms with van der Waals surface area (Å²) in [5.41, 5.74) is 1.69. The average molecular weight is 290 g/mol. The Hall–Kier alpha value is -2.34. The van der Waals surface area contributed by atoms with Crippen molar-refractivity contribution in [3.05, 3.63) is 41.0 Å². The molecule has 3 aromatic rings. The number of methoxy groups -OCH3 is 1. The molecule has 0 unspecified atom stereocenters. The maximum Gasteiger partial charge on any atom is 0.337 e. The number of aryl methyl sites for hydroxylation is 1. The quantitative estimate of drug-likeness (QED) is 0.803. The van der Waals surface area contributed by atoms with Crippen LogP contribution in [0.5, 0.6) is 6.01 Å². The number of nitrogens with one attached hydrogen (secondary N) is 1. The standard InChI is InChI=1S/C13H12ClN5O/c1-8-6-11(16-10-5-3-4-9(14)7-10)19-12(15-8)17-13(18-19)20-2/h3-7,16H,1-2H3. The molecule has 0 aliphatic rings. The third kappa shape index (κ3) is 2.37. The molecule has 2 aromatic heterocycles. The van der Waals surface area contributed by atoms with Crippen molar-refractivity contribution in [2.24, 2.45) is 0 Å². The van der Waals surface area contributed by atoms with Crippen LogP contribution in [-0.4, -0.2) is 26.7 Å². The van der Waals surface area contributed by atoms with Crippen molar-refractivity contribution in [2.45, 2.75) is 6.92 Å². The summed E-state index contributed by atoms with van der Waals surface area (Å²) in [6.07, 6.45) is 0. The van der Waals surface area contributed by atoms with Gasteiger partial charge in [-0.25, -0.2) is 4.98 Å². The third-order valence-corrected chi connectivity index (χ3v) is 2.94. The van der Waals surface area contributed by atoms with Gasteiger partial charge in [-0.2, -0.15) is 9.50 Å². The summed E-state index contributed by atoms with van der Waals surface area (Å²) in [5, 5.41) is 8.12. The lowest BCUT2D eigenvalue weighted by molar-refractivity contribution is 0.381. The highest BCUT2D eigenvalue weighted by Gasteiger charge is 2.10. The number of hydrogen-bond acceptors (Lipinski definition) is 5. The summed E-state index contributed by atoms with van der Waals surface area (Å²) < 4.78 is 6.62. The monoisotopic (exact) mass is 289 g/mol. The Bertz CT molecular complexity index is 771. The van der Waals surface area contributed by atoms with Crippen LogP contribution >= 0.6 is 11.6 Å². The molecule has 0 saturated heterocycles. The van der Waals surface area contributed by atoms with E-state index in [0.717, 1.165) is 17.2 Å². The minimum absolute atomic E-state index is 0.275. The molecule has 1 aromatic carbocycles. The molecule has 0 spiro atoms. The van der Waals surface area contributed by atoms with Crippen LogP contribution in [-0.2, 0) is 0 Å². The van der Waals surface area contributed by atoms with Crippen molar-refractivity contribution >= 4 is 28.9 Å². The molecule has 6 nitrogen and oxygen atoms in total. The number of halogens is 1. The number of anilines is 2. The molecule has 0 saturated carbocycles. The molecular formula is C13H12ClN5O. The van der Waals surface area contributed by atoms with E-state index in [0.29, 0.717) is 10.8 Å². The van der Waals surface area contributed by atoms with Crippen molar-refractivity contribution in [2.75, 3.05) is 12.4 Å². The van der Waals surface area contributed by atoms with Crippen molar-refractivity contribution < 1.29 is 4.74 Å². The van der Waals surface area contributed by atoms with Gasteiger partial charge in [-0.1, -0.05) is 17.7 Å². The number of rotatable bonds is 3. The molecule has 0 aliphatic carbocycles. The minimum atomic E-state index is 0.275. The van der Waals surface area contributed by atoms with E-state index < -0.39 is 0 Å². The molecule has 0 radical (unpaired) electrons. The smallest absolute Gasteiger partial charge is 0.337 e. The number of hydrogen-bond donors (Lipinski definition) is 1. The molecule has 2 heterocycles. The van der Waals surface area contributed by atoms with Gasteiger partial charge in [0.1, 0.15) is 5.82 Å². The summed E-state index contributed by atoms with van der Waals surface area (Å²) >= 11 is 5.98. The van der Waals surface area contributed by atoms with Crippen LogP contribution in [0.3, 0.4) is 0 Å². The second-order valence-corrected chi connectivity index (χ2v) is 4.66. The fraction of sp³-hybridized carbons (Fsp3) is 0.154. The molecule has 0 aliphatic heterocycles. The molecule has 0 amide bonds. The highest BCUT2D eigenvalue weighted by molar-refractivity contribution is 6.30. The number of aromatic nitrogens is 4. The summed E-state index contributed by atoms with van der Waals surface area (Å²) in [5.74, 6) is 1.22. The van der Waals surface area contributed by atoms with E-state index in [-0.39, 0.29) is 6.01 Å². The Morgan fingerprint density at radius 1 is 1.25 bits per heavy atom. The third-order valence-electron chi connectivity index (χ3n) is 2.70. The fourth-order valence-electron chi connectivity index (χ4n) is 1.86. The number of benzene rings is 1. The lowest BCUT2D eigenvalue weighted by atomic mass is 10.3. The average Bonchev–Trinajstić information content (AvgIpc) is 2.82. The predicted molar refractivity (Wildman–Crippen MR) is 76.8 cm³/mol. The number of ether oxygens (including phenoxy) is 1. The molecule has 0 bridgehead atoms. The Balaban J connectivity index is 2.08. The van der Waals surface area contributed by atoms with Gasteiger partial charge < -0.3 is 10.1 Å². The molecule has 7 heteroatoms. The van der Waals surface area contributed by atoms with Crippen molar-refractivity contribution in [1.29, 1.82) is 0 Å². The SMILES string of the molecule is COc1nc2nc(C)cc(Nc3cccc(Cl)c3)n2n1. The molecule has 3 rings (SSSR count). The van der Waals surface area contributed by atoms with Crippen LogP contribution in [0.1, 0.15) is 5.69 Å². The molecular weight excluding hydrogens is 278 g/mol. The Morgan fingerprint density at radius 2 is 2.10 bits per heavy atom. The molecule has 0 fully saturated rings. The lowest BCUT2D eigenvalue weighted by Gasteiger charge is -2.08. The minimum Gasteiger partial charge on any atom is -0.466 e. The second-order valence-electron chi connectivity index (χ2n) is 4.23. The first-order valence-corrected chi connectivity index (χ1v) is 6.34. The maximum absolute atomic E-state index is 5.98. The summed E-state index contributed by atoms with van der Waals surface area (Å²) in [6, 6.07) is 9.59. The molecule has 1 N–H and O–H groups in total. The second kappa shape index (κ2) is 4.97. The van der Waals surface area contributed by atoms with Crippen LogP contribution in [0.4, 0.5) is 11.5 Å². The highest BCUT2D eigenvalue weighted by Crippen LogP contribution is 2.21. The van der Waals surface area contributed by atoms with Gasteiger partial charge in [0.15, 0.2) is 0 Å². The van der Waals surface area contributed by atoms with Crippen LogP contribution in [0.15, 0.2) is 30.3 Å². The predicted octanol–water partition coefficient (Wildman–Crippen LogP) is 2.84. The van der Waals surface area contributed by atoms with E-state index in [1.54, 1.807) is 4.52 Å². The number of fused-ring (bicyclic) bond motifs is 1. The van der Waals surface area contributed by atoms with Crippen molar-refractivity contribution in [3.63, 3.8) is 0 Å². The lowest BCUT2D eigenvalue weighted by Crippen LogP contribution is -2.02. The zero-order chi connectivity index (χ0) is 14.1. The summed E-state index contributed by atoms with van der Waals surface area (Å²) in [4.78, 5) is 8.47. The van der Waals surface area contributed by atoms with E-state index in [2.05, 4.69) is 20.4 Å². The van der Waals surface area contributed by atoms with Crippen molar-refractivity contribution in [1.82, 2.24) is 19.6 Å². The zero-order valence-corrected chi connectivity index (χ0v) is 11.7. The van der Waals surface area contributed by atoms with Gasteiger partial charge in [0.25, 0.3) is 5.78 Å².